The topological polar surface area (TPSA) is 9.23 Å². The highest BCUT2D eigenvalue weighted by Crippen LogP contribution is 2.43. The molecule has 1 aromatic carbocycles. The Labute approximate surface area is 119 Å². The monoisotopic (exact) mass is 262 g/mol. The third-order valence-electron chi connectivity index (χ3n) is 4.15. The normalized spacial score (nSPS) is 30.4. The zero-order chi connectivity index (χ0) is 14.5. The molecule has 0 bridgehead atoms. The minimum Gasteiger partial charge on any atom is -0.388 e. The summed E-state index contributed by atoms with van der Waals surface area (Å²) >= 11 is 0. The van der Waals surface area contributed by atoms with Crippen molar-refractivity contribution < 1.29 is 4.74 Å². The summed E-state index contributed by atoms with van der Waals surface area (Å²) < 4.78 is 4.25. The van der Waals surface area contributed by atoms with Crippen molar-refractivity contribution in [3.05, 3.63) is 35.4 Å². The molecule has 3 atom stereocenters. The van der Waals surface area contributed by atoms with Gasteiger partial charge in [-0.05, 0) is 49.0 Å². The maximum absolute atomic E-state index is 4.25. The molecule has 1 nitrogen and oxygen atoms in total. The second-order valence-corrected chi connectivity index (χ2v) is 6.69. The van der Waals surface area contributed by atoms with Crippen LogP contribution >= 0.6 is 0 Å². The number of benzene rings is 1. The molecular formula is C18H30O. The average Bonchev–Trinajstić information content (AvgIpc) is 2.28. The number of methoxy groups -OCH3 is 1. The van der Waals surface area contributed by atoms with Crippen LogP contribution < -0.4 is 0 Å². The minimum atomic E-state index is 0.408. The molecule has 2 rings (SSSR count). The standard InChI is InChI=1S/C16H24.C2H6O/c1-12-5-7-15(8-6-12)16(4)10-13(2)9-14(3)11-16;1-3-2/h5-8,13-14H,9-11H2,1-4H3;1-2H3/t13-,14+,16?;. The molecule has 1 aliphatic rings. The Morgan fingerprint density at radius 1 is 1.00 bits per heavy atom. The van der Waals surface area contributed by atoms with Crippen LogP contribution in [0.15, 0.2) is 24.3 Å². The SMILES string of the molecule is COC.Cc1ccc(C2(C)C[C@H](C)C[C@H](C)C2)cc1. The molecule has 1 aliphatic carbocycles. The zero-order valence-electron chi connectivity index (χ0n) is 13.5. The second kappa shape index (κ2) is 7.09. The van der Waals surface area contributed by atoms with E-state index in [-0.39, 0.29) is 0 Å². The van der Waals surface area contributed by atoms with Crippen LogP contribution in [0.3, 0.4) is 0 Å². The van der Waals surface area contributed by atoms with Crippen molar-refractivity contribution in [1.82, 2.24) is 0 Å². The molecule has 19 heavy (non-hydrogen) atoms. The predicted octanol–water partition coefficient (Wildman–Crippen LogP) is 4.97. The second-order valence-electron chi connectivity index (χ2n) is 6.69. The van der Waals surface area contributed by atoms with Gasteiger partial charge in [-0.15, -0.1) is 0 Å². The van der Waals surface area contributed by atoms with Gasteiger partial charge < -0.3 is 4.74 Å². The van der Waals surface area contributed by atoms with Gasteiger partial charge in [0.25, 0.3) is 0 Å². The van der Waals surface area contributed by atoms with Crippen LogP contribution in [0.25, 0.3) is 0 Å². The number of aryl methyl sites for hydroxylation is 1. The zero-order valence-corrected chi connectivity index (χ0v) is 13.5. The average molecular weight is 262 g/mol. The lowest BCUT2D eigenvalue weighted by Gasteiger charge is -2.41. The molecule has 1 aromatic rings. The van der Waals surface area contributed by atoms with E-state index >= 15 is 0 Å². The van der Waals surface area contributed by atoms with Crippen molar-refractivity contribution >= 4 is 0 Å². The van der Waals surface area contributed by atoms with Crippen LogP contribution in [0.5, 0.6) is 0 Å². The minimum absolute atomic E-state index is 0.408. The lowest BCUT2D eigenvalue weighted by Crippen LogP contribution is -2.32. The van der Waals surface area contributed by atoms with E-state index in [1.54, 1.807) is 14.2 Å². The van der Waals surface area contributed by atoms with Gasteiger partial charge in [0.05, 0.1) is 0 Å². The molecule has 108 valence electrons. The fourth-order valence-corrected chi connectivity index (χ4v) is 3.67. The highest BCUT2D eigenvalue weighted by Gasteiger charge is 2.34. The van der Waals surface area contributed by atoms with E-state index in [0.29, 0.717) is 5.41 Å². The summed E-state index contributed by atoms with van der Waals surface area (Å²) in [4.78, 5) is 0. The first-order chi connectivity index (χ1) is 8.91. The van der Waals surface area contributed by atoms with Crippen LogP contribution in [0.4, 0.5) is 0 Å². The van der Waals surface area contributed by atoms with Crippen LogP contribution in [-0.4, -0.2) is 14.2 Å². The Balaban J connectivity index is 0.000000550. The lowest BCUT2D eigenvalue weighted by molar-refractivity contribution is 0.194. The van der Waals surface area contributed by atoms with E-state index in [9.17, 15) is 0 Å². The Morgan fingerprint density at radius 2 is 1.42 bits per heavy atom. The van der Waals surface area contributed by atoms with E-state index in [1.165, 1.54) is 30.4 Å². The Kier molecular flexibility index (Phi) is 6.06. The summed E-state index contributed by atoms with van der Waals surface area (Å²) in [5.74, 6) is 1.74. The van der Waals surface area contributed by atoms with Gasteiger partial charge in [-0.3, -0.25) is 0 Å². The van der Waals surface area contributed by atoms with Crippen LogP contribution in [0.2, 0.25) is 0 Å². The first kappa shape index (κ1) is 16.2. The molecule has 1 saturated carbocycles. The summed E-state index contributed by atoms with van der Waals surface area (Å²) in [5, 5.41) is 0. The van der Waals surface area contributed by atoms with E-state index < -0.39 is 0 Å². The van der Waals surface area contributed by atoms with Crippen LogP contribution in [-0.2, 0) is 10.2 Å². The highest BCUT2D eigenvalue weighted by molar-refractivity contribution is 5.28. The lowest BCUT2D eigenvalue weighted by atomic mass is 9.64. The summed E-state index contributed by atoms with van der Waals surface area (Å²) in [6, 6.07) is 9.18. The van der Waals surface area contributed by atoms with Crippen molar-refractivity contribution in [2.45, 2.75) is 52.4 Å². The van der Waals surface area contributed by atoms with Gasteiger partial charge in [0.1, 0.15) is 0 Å². The maximum atomic E-state index is 4.25. The summed E-state index contributed by atoms with van der Waals surface area (Å²) in [6.07, 6.45) is 4.10. The largest absolute Gasteiger partial charge is 0.388 e. The molecule has 0 radical (unpaired) electrons. The molecule has 0 heterocycles. The van der Waals surface area contributed by atoms with Gasteiger partial charge in [-0.1, -0.05) is 50.6 Å². The number of rotatable bonds is 1. The summed E-state index contributed by atoms with van der Waals surface area (Å²) in [5.41, 5.74) is 3.31. The van der Waals surface area contributed by atoms with Crippen molar-refractivity contribution in [3.63, 3.8) is 0 Å². The van der Waals surface area contributed by atoms with Gasteiger partial charge in [0, 0.05) is 14.2 Å². The molecule has 1 fully saturated rings. The first-order valence-corrected chi connectivity index (χ1v) is 7.38. The van der Waals surface area contributed by atoms with E-state index in [2.05, 4.69) is 56.7 Å². The van der Waals surface area contributed by atoms with E-state index in [1.807, 2.05) is 0 Å². The van der Waals surface area contributed by atoms with Crippen molar-refractivity contribution in [2.24, 2.45) is 11.8 Å². The molecule has 0 spiro atoms. The summed E-state index contributed by atoms with van der Waals surface area (Å²) in [6.45, 7) is 9.42. The van der Waals surface area contributed by atoms with Gasteiger partial charge in [-0.25, -0.2) is 0 Å². The molecule has 0 N–H and O–H groups in total. The molecule has 1 heteroatoms. The van der Waals surface area contributed by atoms with Crippen LogP contribution in [0.1, 0.15) is 51.2 Å². The van der Waals surface area contributed by atoms with Crippen molar-refractivity contribution in [2.75, 3.05) is 14.2 Å². The Bertz CT molecular complexity index is 356. The Hall–Kier alpha value is -0.820. The molecule has 0 aliphatic heterocycles. The van der Waals surface area contributed by atoms with E-state index in [4.69, 9.17) is 0 Å². The predicted molar refractivity (Wildman–Crippen MR) is 83.6 cm³/mol. The molecule has 0 amide bonds. The number of ether oxygens (including phenoxy) is 1. The molecule has 1 unspecified atom stereocenters. The summed E-state index contributed by atoms with van der Waals surface area (Å²) in [7, 11) is 3.25. The third-order valence-corrected chi connectivity index (χ3v) is 4.15. The van der Waals surface area contributed by atoms with Gasteiger partial charge >= 0.3 is 0 Å². The Morgan fingerprint density at radius 3 is 1.84 bits per heavy atom. The molecule has 0 aromatic heterocycles. The highest BCUT2D eigenvalue weighted by atomic mass is 16.4. The first-order valence-electron chi connectivity index (χ1n) is 7.38. The smallest absolute Gasteiger partial charge is 0.0351 e. The van der Waals surface area contributed by atoms with Gasteiger partial charge in [-0.2, -0.15) is 0 Å². The van der Waals surface area contributed by atoms with Gasteiger partial charge in [0.2, 0.25) is 0 Å². The quantitative estimate of drug-likeness (QED) is 0.694. The van der Waals surface area contributed by atoms with Crippen molar-refractivity contribution in [3.8, 4) is 0 Å². The fourth-order valence-electron chi connectivity index (χ4n) is 3.67. The van der Waals surface area contributed by atoms with E-state index in [0.717, 1.165) is 11.8 Å². The molecule has 0 saturated heterocycles. The van der Waals surface area contributed by atoms with Gasteiger partial charge in [0.15, 0.2) is 0 Å². The third kappa shape index (κ3) is 4.65. The molecular weight excluding hydrogens is 232 g/mol. The maximum Gasteiger partial charge on any atom is 0.0351 e. The number of hydrogen-bond donors (Lipinski definition) is 0. The number of hydrogen-bond acceptors (Lipinski definition) is 1. The van der Waals surface area contributed by atoms with Crippen LogP contribution in [0, 0.1) is 18.8 Å². The fraction of sp³-hybridized carbons (Fsp3) is 0.667. The van der Waals surface area contributed by atoms with Crippen molar-refractivity contribution in [1.29, 1.82) is 0 Å².